The van der Waals surface area contributed by atoms with Crippen molar-refractivity contribution < 1.29 is 0 Å². The van der Waals surface area contributed by atoms with Gasteiger partial charge in [-0.3, -0.25) is 0 Å². The van der Waals surface area contributed by atoms with Crippen molar-refractivity contribution in [1.82, 2.24) is 0 Å². The third-order valence-corrected chi connectivity index (χ3v) is 4.19. The summed E-state index contributed by atoms with van der Waals surface area (Å²) in [6.45, 7) is 0. The van der Waals surface area contributed by atoms with Gasteiger partial charge in [0.2, 0.25) is 0 Å². The van der Waals surface area contributed by atoms with Crippen molar-refractivity contribution in [3.63, 3.8) is 0 Å². The smallest absolute Gasteiger partial charge is 0.0982 e. The lowest BCUT2D eigenvalue weighted by Gasteiger charge is -2.17. The second-order valence-corrected chi connectivity index (χ2v) is 5.17. The van der Waals surface area contributed by atoms with Crippen LogP contribution in [0.3, 0.4) is 0 Å². The van der Waals surface area contributed by atoms with E-state index < -0.39 is 0 Å². The SMILES string of the molecule is N#CC1CC2Cc3ccccc3N=C2S1. The number of aliphatic imine (C=N–C) groups is 1. The lowest BCUT2D eigenvalue weighted by Crippen LogP contribution is -2.12. The molecule has 15 heavy (non-hydrogen) atoms. The van der Waals surface area contributed by atoms with Crippen LogP contribution in [-0.2, 0) is 6.42 Å². The summed E-state index contributed by atoms with van der Waals surface area (Å²) in [7, 11) is 0. The molecule has 3 rings (SSSR count). The number of nitriles is 1. The lowest BCUT2D eigenvalue weighted by molar-refractivity contribution is 0.656. The van der Waals surface area contributed by atoms with Gasteiger partial charge in [-0.1, -0.05) is 30.0 Å². The van der Waals surface area contributed by atoms with Gasteiger partial charge in [0.1, 0.15) is 0 Å². The highest BCUT2D eigenvalue weighted by Gasteiger charge is 2.34. The van der Waals surface area contributed by atoms with E-state index in [0.717, 1.165) is 18.5 Å². The molecule has 0 radical (unpaired) electrons. The van der Waals surface area contributed by atoms with E-state index in [1.807, 2.05) is 6.07 Å². The van der Waals surface area contributed by atoms with Crippen LogP contribution in [0.4, 0.5) is 5.69 Å². The van der Waals surface area contributed by atoms with Crippen LogP contribution in [0.1, 0.15) is 12.0 Å². The number of hydrogen-bond acceptors (Lipinski definition) is 3. The van der Waals surface area contributed by atoms with Crippen molar-refractivity contribution in [3.05, 3.63) is 29.8 Å². The van der Waals surface area contributed by atoms with Gasteiger partial charge < -0.3 is 0 Å². The van der Waals surface area contributed by atoms with Gasteiger partial charge in [0.25, 0.3) is 0 Å². The van der Waals surface area contributed by atoms with E-state index in [1.165, 1.54) is 10.6 Å². The number of hydrogen-bond donors (Lipinski definition) is 0. The number of rotatable bonds is 0. The standard InChI is InChI=1S/C12H10N2S/c13-7-10-6-9-5-8-3-1-2-4-11(8)14-12(9)15-10/h1-4,9-10H,5-6H2. The Bertz CT molecular complexity index is 473. The fourth-order valence-electron chi connectivity index (χ4n) is 2.19. The van der Waals surface area contributed by atoms with Crippen LogP contribution < -0.4 is 0 Å². The van der Waals surface area contributed by atoms with Crippen molar-refractivity contribution in [3.8, 4) is 6.07 Å². The Morgan fingerprint density at radius 2 is 2.27 bits per heavy atom. The van der Waals surface area contributed by atoms with Gasteiger partial charge in [-0.05, 0) is 24.5 Å². The normalized spacial score (nSPS) is 27.5. The van der Waals surface area contributed by atoms with E-state index in [0.29, 0.717) is 5.92 Å². The summed E-state index contributed by atoms with van der Waals surface area (Å²) in [5.74, 6) is 0.495. The van der Waals surface area contributed by atoms with Crippen LogP contribution >= 0.6 is 11.8 Å². The molecule has 0 aliphatic carbocycles. The number of benzene rings is 1. The Labute approximate surface area is 93.0 Å². The zero-order valence-corrected chi connectivity index (χ0v) is 9.00. The van der Waals surface area contributed by atoms with Crippen molar-refractivity contribution in [2.24, 2.45) is 10.9 Å². The van der Waals surface area contributed by atoms with Gasteiger partial charge in [-0.15, -0.1) is 0 Å². The first-order chi connectivity index (χ1) is 7.36. The molecule has 3 heteroatoms. The van der Waals surface area contributed by atoms with Crippen molar-refractivity contribution in [2.75, 3.05) is 0 Å². The molecule has 0 N–H and O–H groups in total. The van der Waals surface area contributed by atoms with E-state index in [4.69, 9.17) is 5.26 Å². The van der Waals surface area contributed by atoms with Crippen molar-refractivity contribution in [1.29, 1.82) is 5.26 Å². The van der Waals surface area contributed by atoms with E-state index in [2.05, 4.69) is 29.3 Å². The highest BCUT2D eigenvalue weighted by molar-refractivity contribution is 8.15. The Morgan fingerprint density at radius 3 is 3.13 bits per heavy atom. The molecule has 1 saturated heterocycles. The molecule has 0 bridgehead atoms. The van der Waals surface area contributed by atoms with E-state index in [-0.39, 0.29) is 5.25 Å². The maximum Gasteiger partial charge on any atom is 0.0982 e. The van der Waals surface area contributed by atoms with Crippen LogP contribution in [0, 0.1) is 17.2 Å². The topological polar surface area (TPSA) is 36.1 Å². The molecule has 1 aromatic rings. The molecule has 1 aromatic carbocycles. The minimum atomic E-state index is 0.114. The van der Waals surface area contributed by atoms with E-state index in [1.54, 1.807) is 11.8 Å². The molecule has 2 aliphatic rings. The highest BCUT2D eigenvalue weighted by atomic mass is 32.2. The van der Waals surface area contributed by atoms with Crippen LogP contribution in [0.25, 0.3) is 0 Å². The quantitative estimate of drug-likeness (QED) is 0.665. The summed E-state index contributed by atoms with van der Waals surface area (Å²) >= 11 is 1.65. The number of thioether (sulfide) groups is 1. The van der Waals surface area contributed by atoms with Gasteiger partial charge in [0.05, 0.1) is 22.1 Å². The third-order valence-electron chi connectivity index (χ3n) is 2.94. The molecule has 2 unspecified atom stereocenters. The third kappa shape index (κ3) is 1.46. The molecule has 0 saturated carbocycles. The molecule has 1 fully saturated rings. The fraction of sp³-hybridized carbons (Fsp3) is 0.333. The summed E-state index contributed by atoms with van der Waals surface area (Å²) < 4.78 is 0. The molecule has 2 aliphatic heterocycles. The number of para-hydroxylation sites is 1. The van der Waals surface area contributed by atoms with Crippen LogP contribution in [0.2, 0.25) is 0 Å². The monoisotopic (exact) mass is 214 g/mol. The second-order valence-electron chi connectivity index (χ2n) is 3.95. The van der Waals surface area contributed by atoms with Crippen LogP contribution in [-0.4, -0.2) is 10.3 Å². The average molecular weight is 214 g/mol. The van der Waals surface area contributed by atoms with E-state index in [9.17, 15) is 0 Å². The Hall–Kier alpha value is -1.27. The molecule has 2 atom stereocenters. The van der Waals surface area contributed by atoms with Gasteiger partial charge in [-0.2, -0.15) is 5.26 Å². The summed E-state index contributed by atoms with van der Waals surface area (Å²) in [5, 5.41) is 10.2. The summed E-state index contributed by atoms with van der Waals surface area (Å²) in [5.41, 5.74) is 2.42. The minimum absolute atomic E-state index is 0.114. The Balaban J connectivity index is 1.99. The van der Waals surface area contributed by atoms with Gasteiger partial charge >= 0.3 is 0 Å². The first kappa shape index (κ1) is 8.99. The zero-order chi connectivity index (χ0) is 10.3. The molecule has 2 heterocycles. The Kier molecular flexibility index (Phi) is 2.03. The predicted octanol–water partition coefficient (Wildman–Crippen LogP) is 2.92. The maximum atomic E-state index is 8.90. The molecule has 0 amide bonds. The van der Waals surface area contributed by atoms with Gasteiger partial charge in [0.15, 0.2) is 0 Å². The molecule has 2 nitrogen and oxygen atoms in total. The second kappa shape index (κ2) is 3.39. The highest BCUT2D eigenvalue weighted by Crippen LogP contribution is 2.41. The van der Waals surface area contributed by atoms with Crippen LogP contribution in [0.5, 0.6) is 0 Å². The molecule has 74 valence electrons. The summed E-state index contributed by atoms with van der Waals surface area (Å²) in [4.78, 5) is 4.63. The molecule has 0 spiro atoms. The number of nitrogens with zero attached hydrogens (tertiary/aromatic N) is 2. The first-order valence-electron chi connectivity index (χ1n) is 5.09. The number of fused-ring (bicyclic) bond motifs is 2. The molecular formula is C12H10N2S. The summed E-state index contributed by atoms with van der Waals surface area (Å²) in [6.07, 6.45) is 2.02. The summed E-state index contributed by atoms with van der Waals surface area (Å²) in [6, 6.07) is 10.6. The molecular weight excluding hydrogens is 204 g/mol. The predicted molar refractivity (Wildman–Crippen MR) is 62.3 cm³/mol. The lowest BCUT2D eigenvalue weighted by atomic mass is 9.93. The zero-order valence-electron chi connectivity index (χ0n) is 8.18. The maximum absolute atomic E-state index is 8.90. The molecule has 0 aromatic heterocycles. The first-order valence-corrected chi connectivity index (χ1v) is 5.97. The minimum Gasteiger partial charge on any atom is -0.246 e. The van der Waals surface area contributed by atoms with Gasteiger partial charge in [0, 0.05) is 5.92 Å². The largest absolute Gasteiger partial charge is 0.246 e. The Morgan fingerprint density at radius 1 is 1.40 bits per heavy atom. The van der Waals surface area contributed by atoms with Crippen molar-refractivity contribution in [2.45, 2.75) is 18.1 Å². The van der Waals surface area contributed by atoms with Crippen LogP contribution in [0.15, 0.2) is 29.3 Å². The van der Waals surface area contributed by atoms with Gasteiger partial charge in [-0.25, -0.2) is 4.99 Å². The average Bonchev–Trinajstić information content (AvgIpc) is 2.67. The van der Waals surface area contributed by atoms with E-state index >= 15 is 0 Å². The fourth-order valence-corrected chi connectivity index (χ4v) is 3.39. The van der Waals surface area contributed by atoms with Crippen molar-refractivity contribution >= 4 is 22.5 Å².